The zero-order valence-corrected chi connectivity index (χ0v) is 14.1. The van der Waals surface area contributed by atoms with Crippen molar-refractivity contribution in [2.45, 2.75) is 18.8 Å². The van der Waals surface area contributed by atoms with E-state index in [1.54, 1.807) is 0 Å². The quantitative estimate of drug-likeness (QED) is 0.809. The van der Waals surface area contributed by atoms with Crippen LogP contribution >= 0.6 is 0 Å². The number of ether oxygens (including phenoxy) is 1. The Morgan fingerprint density at radius 1 is 0.957 bits per heavy atom. The molecule has 122 valence electrons. The lowest BCUT2D eigenvalue weighted by atomic mass is 10.1. The third kappa shape index (κ3) is 4.20. The molecule has 1 aliphatic heterocycles. The van der Waals surface area contributed by atoms with Crippen LogP contribution in [-0.2, 0) is 4.74 Å². The fourth-order valence-corrected chi connectivity index (χ4v) is 3.15. The van der Waals surface area contributed by atoms with E-state index in [2.05, 4.69) is 84.6 Å². The van der Waals surface area contributed by atoms with Crippen molar-refractivity contribution in [3.63, 3.8) is 0 Å². The van der Waals surface area contributed by atoms with E-state index in [1.165, 1.54) is 11.1 Å². The fourth-order valence-electron chi connectivity index (χ4n) is 3.15. The molecule has 2 unspecified atom stereocenters. The van der Waals surface area contributed by atoms with Crippen molar-refractivity contribution in [3.05, 3.63) is 71.8 Å². The maximum atomic E-state index is 6.42. The van der Waals surface area contributed by atoms with Crippen LogP contribution in [0, 0.1) is 0 Å². The van der Waals surface area contributed by atoms with Gasteiger partial charge in [0.15, 0.2) is 0 Å². The standard InChI is InChI=1S/C20H26N2O/c1-21(2)14-9-15-22-16-19(17-10-5-3-6-11-17)23-20(22)18-12-7-4-8-13-18/h3-8,10-13,19-20H,9,14-16H2,1-2H3. The van der Waals surface area contributed by atoms with E-state index in [4.69, 9.17) is 4.74 Å². The Kier molecular flexibility index (Phi) is 5.44. The first-order chi connectivity index (χ1) is 11.2. The van der Waals surface area contributed by atoms with Crippen LogP contribution in [0.2, 0.25) is 0 Å². The Bertz CT molecular complexity index is 585. The third-order valence-electron chi connectivity index (χ3n) is 4.33. The van der Waals surface area contributed by atoms with Crippen LogP contribution in [0.3, 0.4) is 0 Å². The van der Waals surface area contributed by atoms with Gasteiger partial charge < -0.3 is 9.64 Å². The number of rotatable bonds is 6. The molecule has 2 aromatic carbocycles. The summed E-state index contributed by atoms with van der Waals surface area (Å²) in [6.07, 6.45) is 1.37. The van der Waals surface area contributed by atoms with Gasteiger partial charge in [-0.2, -0.15) is 0 Å². The van der Waals surface area contributed by atoms with Gasteiger partial charge in [0.25, 0.3) is 0 Å². The summed E-state index contributed by atoms with van der Waals surface area (Å²) in [6.45, 7) is 3.12. The summed E-state index contributed by atoms with van der Waals surface area (Å²) >= 11 is 0. The molecule has 2 aromatic rings. The van der Waals surface area contributed by atoms with Crippen LogP contribution in [0.5, 0.6) is 0 Å². The summed E-state index contributed by atoms with van der Waals surface area (Å²) in [4.78, 5) is 4.71. The predicted octanol–water partition coefficient (Wildman–Crippen LogP) is 3.71. The summed E-state index contributed by atoms with van der Waals surface area (Å²) in [5.74, 6) is 0. The van der Waals surface area contributed by atoms with Crippen molar-refractivity contribution in [1.29, 1.82) is 0 Å². The van der Waals surface area contributed by atoms with Gasteiger partial charge in [0.2, 0.25) is 0 Å². The Labute approximate surface area is 139 Å². The minimum atomic E-state index is 0.0589. The second-order valence-electron chi connectivity index (χ2n) is 6.45. The highest BCUT2D eigenvalue weighted by molar-refractivity contribution is 5.22. The molecule has 1 aliphatic rings. The first-order valence-electron chi connectivity index (χ1n) is 8.38. The molecular formula is C20H26N2O. The molecule has 0 radical (unpaired) electrons. The van der Waals surface area contributed by atoms with Crippen LogP contribution < -0.4 is 0 Å². The van der Waals surface area contributed by atoms with Crippen molar-refractivity contribution < 1.29 is 4.74 Å². The molecule has 3 rings (SSSR count). The van der Waals surface area contributed by atoms with Gasteiger partial charge in [0, 0.05) is 13.1 Å². The van der Waals surface area contributed by atoms with E-state index in [1.807, 2.05) is 0 Å². The number of nitrogens with zero attached hydrogens (tertiary/aromatic N) is 2. The van der Waals surface area contributed by atoms with E-state index >= 15 is 0 Å². The zero-order valence-electron chi connectivity index (χ0n) is 14.1. The minimum Gasteiger partial charge on any atom is -0.350 e. The van der Waals surface area contributed by atoms with E-state index in [0.717, 1.165) is 26.1 Å². The van der Waals surface area contributed by atoms with Crippen LogP contribution in [0.25, 0.3) is 0 Å². The summed E-state index contributed by atoms with van der Waals surface area (Å²) in [5.41, 5.74) is 2.51. The normalized spacial score (nSPS) is 21.9. The van der Waals surface area contributed by atoms with E-state index in [-0.39, 0.29) is 12.3 Å². The Hall–Kier alpha value is -1.68. The lowest BCUT2D eigenvalue weighted by molar-refractivity contribution is -0.00303. The van der Waals surface area contributed by atoms with E-state index in [0.29, 0.717) is 0 Å². The van der Waals surface area contributed by atoms with Gasteiger partial charge in [-0.15, -0.1) is 0 Å². The molecule has 3 nitrogen and oxygen atoms in total. The van der Waals surface area contributed by atoms with Gasteiger partial charge in [0.1, 0.15) is 6.23 Å². The highest BCUT2D eigenvalue weighted by Crippen LogP contribution is 2.37. The fraction of sp³-hybridized carbons (Fsp3) is 0.400. The minimum absolute atomic E-state index is 0.0589. The Morgan fingerprint density at radius 3 is 2.17 bits per heavy atom. The topological polar surface area (TPSA) is 15.7 Å². The summed E-state index contributed by atoms with van der Waals surface area (Å²) in [5, 5.41) is 0. The Balaban J connectivity index is 1.74. The molecule has 0 saturated carbocycles. The second kappa shape index (κ2) is 7.73. The average molecular weight is 310 g/mol. The molecule has 0 aromatic heterocycles. The average Bonchev–Trinajstić information content (AvgIpc) is 3.00. The predicted molar refractivity (Wildman–Crippen MR) is 94.2 cm³/mol. The number of hydrogen-bond donors (Lipinski definition) is 0. The van der Waals surface area contributed by atoms with Crippen molar-refractivity contribution in [2.24, 2.45) is 0 Å². The maximum absolute atomic E-state index is 6.42. The van der Waals surface area contributed by atoms with Crippen LogP contribution in [0.1, 0.15) is 29.9 Å². The van der Waals surface area contributed by atoms with Crippen LogP contribution in [-0.4, -0.2) is 43.5 Å². The number of hydrogen-bond acceptors (Lipinski definition) is 3. The Morgan fingerprint density at radius 2 is 1.57 bits per heavy atom. The van der Waals surface area contributed by atoms with Crippen molar-refractivity contribution in [1.82, 2.24) is 9.80 Å². The third-order valence-corrected chi connectivity index (χ3v) is 4.33. The van der Waals surface area contributed by atoms with Crippen LogP contribution in [0.15, 0.2) is 60.7 Å². The lowest BCUT2D eigenvalue weighted by Gasteiger charge is -2.23. The highest BCUT2D eigenvalue weighted by Gasteiger charge is 2.34. The van der Waals surface area contributed by atoms with Crippen molar-refractivity contribution in [2.75, 3.05) is 33.7 Å². The van der Waals surface area contributed by atoms with Crippen molar-refractivity contribution in [3.8, 4) is 0 Å². The largest absolute Gasteiger partial charge is 0.350 e. The van der Waals surface area contributed by atoms with Crippen LogP contribution in [0.4, 0.5) is 0 Å². The van der Waals surface area contributed by atoms with Crippen molar-refractivity contribution >= 4 is 0 Å². The molecule has 0 bridgehead atoms. The molecule has 1 saturated heterocycles. The summed E-state index contributed by atoms with van der Waals surface area (Å²) in [6, 6.07) is 21.1. The van der Waals surface area contributed by atoms with E-state index < -0.39 is 0 Å². The first-order valence-corrected chi connectivity index (χ1v) is 8.38. The molecule has 0 aliphatic carbocycles. The molecule has 3 heteroatoms. The first kappa shape index (κ1) is 16.2. The molecular weight excluding hydrogens is 284 g/mol. The molecule has 2 atom stereocenters. The molecule has 0 spiro atoms. The van der Waals surface area contributed by atoms with Gasteiger partial charge in [-0.3, -0.25) is 4.90 Å². The lowest BCUT2D eigenvalue weighted by Crippen LogP contribution is -2.27. The number of benzene rings is 2. The monoisotopic (exact) mass is 310 g/mol. The molecule has 0 amide bonds. The van der Waals surface area contributed by atoms with E-state index in [9.17, 15) is 0 Å². The van der Waals surface area contributed by atoms with Gasteiger partial charge in [-0.05, 0) is 38.2 Å². The molecule has 1 heterocycles. The molecule has 23 heavy (non-hydrogen) atoms. The second-order valence-corrected chi connectivity index (χ2v) is 6.45. The van der Waals surface area contributed by atoms with Gasteiger partial charge in [0.05, 0.1) is 6.10 Å². The molecule has 0 N–H and O–H groups in total. The maximum Gasteiger partial charge on any atom is 0.137 e. The van der Waals surface area contributed by atoms with Gasteiger partial charge in [-0.25, -0.2) is 0 Å². The smallest absolute Gasteiger partial charge is 0.137 e. The van der Waals surface area contributed by atoms with Gasteiger partial charge >= 0.3 is 0 Å². The molecule has 1 fully saturated rings. The highest BCUT2D eigenvalue weighted by atomic mass is 16.5. The SMILES string of the molecule is CN(C)CCCN1CC(c2ccccc2)OC1c1ccccc1. The zero-order chi connectivity index (χ0) is 16.1. The summed E-state index contributed by atoms with van der Waals surface area (Å²) in [7, 11) is 4.25. The van der Waals surface area contributed by atoms with Gasteiger partial charge in [-0.1, -0.05) is 60.7 Å². The summed E-state index contributed by atoms with van der Waals surface area (Å²) < 4.78 is 6.42.